The van der Waals surface area contributed by atoms with Crippen molar-refractivity contribution in [3.8, 4) is 0 Å². The first kappa shape index (κ1) is 4.97. The second kappa shape index (κ2) is 3.56. The molecule has 0 aromatic carbocycles. The minimum atomic E-state index is -1.24. The smallest absolute Gasteiger partial charge is 0.322 e. The van der Waals surface area contributed by atoms with Gasteiger partial charge < -0.3 is 14.8 Å². The van der Waals surface area contributed by atoms with Crippen LogP contribution in [0.25, 0.3) is 0 Å². The number of amides is 1. The molecule has 64 valence electrons. The average Bonchev–Trinajstić information content (AvgIpc) is 2.42. The van der Waals surface area contributed by atoms with Crippen LogP contribution in [0.4, 0.5) is 0 Å². The number of rotatable bonds is 3. The molecule has 0 saturated carbocycles. The fourth-order valence-electron chi connectivity index (χ4n) is 0.524. The van der Waals surface area contributed by atoms with Crippen LogP contribution in [0.1, 0.15) is 14.7 Å². The number of nitrogens with one attached hydrogen (secondary N) is 1. The van der Waals surface area contributed by atoms with Gasteiger partial charge >= 0.3 is 5.97 Å². The predicted octanol–water partition coefficient (Wildman–Crippen LogP) is 0.0940. The Bertz CT molecular complexity index is 415. The summed E-state index contributed by atoms with van der Waals surface area (Å²) in [5, 5.41) is 10.2. The Labute approximate surface area is 72.2 Å². The largest absolute Gasteiger partial charge is 0.480 e. The molecule has 1 heterocycles. The molecule has 0 spiro atoms. The summed E-state index contributed by atoms with van der Waals surface area (Å²) in [5.41, 5.74) is 0. The van der Waals surface area contributed by atoms with E-state index in [1.165, 1.54) is 0 Å². The topological polar surface area (TPSA) is 79.5 Å². The Morgan fingerprint density at radius 2 is 2.50 bits per heavy atom. The van der Waals surface area contributed by atoms with Crippen LogP contribution in [0.3, 0.4) is 0 Å². The van der Waals surface area contributed by atoms with Gasteiger partial charge in [-0.1, -0.05) is 0 Å². The first-order valence-corrected chi connectivity index (χ1v) is 3.00. The zero-order chi connectivity index (χ0) is 11.6. The van der Waals surface area contributed by atoms with Crippen molar-refractivity contribution in [1.82, 2.24) is 5.32 Å². The fourth-order valence-corrected chi connectivity index (χ4v) is 0.524. The van der Waals surface area contributed by atoms with Crippen molar-refractivity contribution in [1.29, 1.82) is 0 Å². The molecule has 5 nitrogen and oxygen atoms in total. The van der Waals surface area contributed by atoms with Crippen molar-refractivity contribution < 1.29 is 23.2 Å². The molecule has 1 rings (SSSR count). The van der Waals surface area contributed by atoms with Gasteiger partial charge in [0, 0.05) is 0 Å². The van der Waals surface area contributed by atoms with Crippen molar-refractivity contribution in [3.63, 3.8) is 0 Å². The van der Waals surface area contributed by atoms with Gasteiger partial charge in [-0.2, -0.15) is 0 Å². The zero-order valence-electron chi connectivity index (χ0n) is 8.88. The SMILES string of the molecule is [2H]c1oc(C(=O)NCC(=O)O)c([2H])c1[2H]. The Morgan fingerprint density at radius 3 is 3.00 bits per heavy atom. The molecular weight excluding hydrogens is 162 g/mol. The lowest BCUT2D eigenvalue weighted by Crippen LogP contribution is -2.28. The monoisotopic (exact) mass is 172 g/mol. The fraction of sp³-hybridized carbons (Fsp3) is 0.143. The van der Waals surface area contributed by atoms with E-state index in [9.17, 15) is 9.59 Å². The van der Waals surface area contributed by atoms with Gasteiger partial charge in [0.2, 0.25) is 0 Å². The number of carboxylic acid groups (broad SMARTS) is 1. The maximum atomic E-state index is 11.2. The Morgan fingerprint density at radius 1 is 1.75 bits per heavy atom. The van der Waals surface area contributed by atoms with Crippen LogP contribution in [0.5, 0.6) is 0 Å². The predicted molar refractivity (Wildman–Crippen MR) is 38.7 cm³/mol. The second-order valence-electron chi connectivity index (χ2n) is 1.86. The first-order valence-electron chi connectivity index (χ1n) is 4.50. The van der Waals surface area contributed by atoms with Gasteiger partial charge in [0.25, 0.3) is 5.91 Å². The number of hydrogen-bond acceptors (Lipinski definition) is 3. The van der Waals surface area contributed by atoms with Crippen LogP contribution in [-0.2, 0) is 4.79 Å². The number of carboxylic acids is 1. The van der Waals surface area contributed by atoms with Crippen LogP contribution in [0, 0.1) is 0 Å². The highest BCUT2D eigenvalue weighted by Gasteiger charge is 2.08. The Kier molecular flexibility index (Phi) is 1.48. The van der Waals surface area contributed by atoms with Gasteiger partial charge in [-0.25, -0.2) is 0 Å². The zero-order valence-corrected chi connectivity index (χ0v) is 5.88. The van der Waals surface area contributed by atoms with Crippen molar-refractivity contribution in [3.05, 3.63) is 24.1 Å². The standard InChI is InChI=1S/C7H7NO4/c9-6(10)4-8-7(11)5-2-1-3-12-5/h1-3H,4H2,(H,8,11)(H,9,10)/i1D,2D,3D. The van der Waals surface area contributed by atoms with E-state index in [0.717, 1.165) is 0 Å². The summed E-state index contributed by atoms with van der Waals surface area (Å²) in [6, 6.07) is -1.03. The highest BCUT2D eigenvalue weighted by Crippen LogP contribution is 1.98. The van der Waals surface area contributed by atoms with E-state index in [0.29, 0.717) is 0 Å². The number of aliphatic carboxylic acids is 1. The van der Waals surface area contributed by atoms with E-state index in [4.69, 9.17) is 9.22 Å². The molecule has 0 atom stereocenters. The molecular formula is C7H7NO4. The molecule has 0 bridgehead atoms. The van der Waals surface area contributed by atoms with Gasteiger partial charge in [0.1, 0.15) is 7.92 Å². The molecule has 0 fully saturated rings. The molecule has 1 aromatic rings. The van der Waals surface area contributed by atoms with E-state index in [1.807, 2.05) is 5.32 Å². The molecule has 1 amide bonds. The minimum absolute atomic E-state index is 0.504. The van der Waals surface area contributed by atoms with Crippen LogP contribution in [0.2, 0.25) is 0 Å². The van der Waals surface area contributed by atoms with Gasteiger partial charge in [0.05, 0.1) is 8.98 Å². The van der Waals surface area contributed by atoms with Crippen LogP contribution >= 0.6 is 0 Å². The number of furan rings is 1. The third-order valence-corrected chi connectivity index (χ3v) is 0.987. The molecule has 0 radical (unpaired) electrons. The minimum Gasteiger partial charge on any atom is -0.480 e. The molecule has 5 heteroatoms. The summed E-state index contributed by atoms with van der Waals surface area (Å²) in [6.45, 7) is -0.611. The van der Waals surface area contributed by atoms with Gasteiger partial charge in [-0.15, -0.1) is 0 Å². The highest BCUT2D eigenvalue weighted by atomic mass is 16.4. The van der Waals surface area contributed by atoms with Crippen molar-refractivity contribution >= 4 is 11.9 Å². The molecule has 0 saturated heterocycles. The molecule has 0 unspecified atom stereocenters. The number of carbonyl (C=O) groups is 2. The highest BCUT2D eigenvalue weighted by molar-refractivity contribution is 5.93. The van der Waals surface area contributed by atoms with E-state index in [-0.39, 0.29) is 0 Å². The number of hydrogen-bond donors (Lipinski definition) is 2. The third kappa shape index (κ3) is 2.12. The number of carbonyl (C=O) groups excluding carboxylic acids is 1. The van der Waals surface area contributed by atoms with Crippen molar-refractivity contribution in [2.24, 2.45) is 0 Å². The Hall–Kier alpha value is -1.78. The molecule has 0 aliphatic carbocycles. The van der Waals surface area contributed by atoms with Crippen LogP contribution in [0.15, 0.2) is 22.7 Å². The third-order valence-electron chi connectivity index (χ3n) is 0.987. The van der Waals surface area contributed by atoms with E-state index in [2.05, 4.69) is 4.42 Å². The van der Waals surface area contributed by atoms with Gasteiger partial charge in [-0.05, 0) is 12.1 Å². The summed E-state index contributed by atoms with van der Waals surface area (Å²) < 4.78 is 25.9. The maximum absolute atomic E-state index is 11.2. The van der Waals surface area contributed by atoms with Crippen molar-refractivity contribution in [2.75, 3.05) is 6.54 Å². The molecule has 0 aliphatic heterocycles. The van der Waals surface area contributed by atoms with E-state index in [1.54, 1.807) is 0 Å². The quantitative estimate of drug-likeness (QED) is 0.677. The maximum Gasteiger partial charge on any atom is 0.322 e. The summed E-state index contributed by atoms with van der Waals surface area (Å²) >= 11 is 0. The van der Waals surface area contributed by atoms with Crippen LogP contribution in [-0.4, -0.2) is 23.5 Å². The Balaban J connectivity index is 2.83. The lowest BCUT2D eigenvalue weighted by atomic mass is 10.4. The summed E-state index contributed by atoms with van der Waals surface area (Å²) in [7, 11) is 0. The summed E-state index contributed by atoms with van der Waals surface area (Å²) in [5.74, 6) is -2.68. The van der Waals surface area contributed by atoms with E-state index < -0.39 is 42.5 Å². The first-order chi connectivity index (χ1) is 6.93. The second-order valence-corrected chi connectivity index (χ2v) is 1.86. The lowest BCUT2D eigenvalue weighted by Gasteiger charge is -1.96. The van der Waals surface area contributed by atoms with Gasteiger partial charge in [-0.3, -0.25) is 9.59 Å². The summed E-state index contributed by atoms with van der Waals surface area (Å²) in [4.78, 5) is 21.3. The van der Waals surface area contributed by atoms with Gasteiger partial charge in [0.15, 0.2) is 5.76 Å². The normalized spacial score (nSPS) is 12.8. The average molecular weight is 172 g/mol. The van der Waals surface area contributed by atoms with E-state index >= 15 is 0 Å². The molecule has 0 aliphatic rings. The molecule has 2 N–H and O–H groups in total. The van der Waals surface area contributed by atoms with Crippen molar-refractivity contribution in [2.45, 2.75) is 0 Å². The molecule has 12 heavy (non-hydrogen) atoms. The lowest BCUT2D eigenvalue weighted by molar-refractivity contribution is -0.135. The van der Waals surface area contributed by atoms with Crippen LogP contribution < -0.4 is 5.32 Å². The molecule has 1 aromatic heterocycles. The summed E-state index contributed by atoms with van der Waals surface area (Å²) in [6.07, 6.45) is -0.597.